The lowest BCUT2D eigenvalue weighted by atomic mass is 10.1. The third-order valence-corrected chi connectivity index (χ3v) is 8.69. The van der Waals surface area contributed by atoms with E-state index in [1.807, 2.05) is 0 Å². The lowest BCUT2D eigenvalue weighted by Crippen LogP contribution is -2.46. The first-order chi connectivity index (χ1) is 19.6. The highest BCUT2D eigenvalue weighted by atomic mass is 31.2. The number of fused-ring (bicyclic) bond motifs is 1. The van der Waals surface area contributed by atoms with Gasteiger partial charge in [-0.3, -0.25) is 23.7 Å². The molecule has 17 heteroatoms. The van der Waals surface area contributed by atoms with Crippen molar-refractivity contribution in [2.45, 2.75) is 68.6 Å². The Bertz CT molecular complexity index is 1490. The van der Waals surface area contributed by atoms with Crippen molar-refractivity contribution in [3.05, 3.63) is 73.9 Å². The van der Waals surface area contributed by atoms with E-state index in [1.165, 1.54) is 32.4 Å². The highest BCUT2D eigenvalue weighted by molar-refractivity contribution is 7.52. The number of nitrogens with zero attached hydrogens (tertiary/aromatic N) is 4. The van der Waals surface area contributed by atoms with Gasteiger partial charge in [-0.25, -0.2) is 9.36 Å². The fourth-order valence-electron chi connectivity index (χ4n) is 5.18. The van der Waals surface area contributed by atoms with Gasteiger partial charge in [-0.2, -0.15) is 5.09 Å². The minimum atomic E-state index is -4.39. The van der Waals surface area contributed by atoms with Crippen molar-refractivity contribution in [2.24, 2.45) is 5.11 Å². The van der Waals surface area contributed by atoms with E-state index >= 15 is 0 Å². The average Bonchev–Trinajstić information content (AvgIpc) is 3.64. The molecule has 1 unspecified atom stereocenters. The van der Waals surface area contributed by atoms with Gasteiger partial charge >= 0.3 is 19.4 Å². The number of azide groups is 1. The number of carbonyl (C=O) groups is 1. The van der Waals surface area contributed by atoms with E-state index in [2.05, 4.69) is 20.1 Å². The first-order valence-corrected chi connectivity index (χ1v) is 14.4. The lowest BCUT2D eigenvalue weighted by molar-refractivity contribution is -0.237. The van der Waals surface area contributed by atoms with E-state index in [4.69, 9.17) is 28.0 Å². The monoisotopic (exact) mass is 592 g/mol. The number of methoxy groups -OCH3 is 1. The van der Waals surface area contributed by atoms with Gasteiger partial charge < -0.3 is 23.5 Å². The zero-order valence-corrected chi connectivity index (χ0v) is 23.1. The van der Waals surface area contributed by atoms with E-state index in [1.54, 1.807) is 18.2 Å². The van der Waals surface area contributed by atoms with E-state index in [9.17, 15) is 24.5 Å². The Hall–Kier alpha value is -3.49. The maximum Gasteiger partial charge on any atom is 0.459 e. The summed E-state index contributed by atoms with van der Waals surface area (Å²) in [5.74, 6) is -1.59. The van der Waals surface area contributed by atoms with Crippen LogP contribution in [0.4, 0.5) is 0 Å². The zero-order chi connectivity index (χ0) is 29.3. The van der Waals surface area contributed by atoms with Crippen LogP contribution in [-0.2, 0) is 32.8 Å². The normalized spacial score (nSPS) is 28.4. The fourth-order valence-corrected chi connectivity index (χ4v) is 6.70. The van der Waals surface area contributed by atoms with Crippen molar-refractivity contribution in [3.63, 3.8) is 0 Å². The number of esters is 1. The summed E-state index contributed by atoms with van der Waals surface area (Å²) in [6, 6.07) is 8.08. The van der Waals surface area contributed by atoms with Crippen LogP contribution < -0.4 is 20.9 Å². The maximum absolute atomic E-state index is 14.0. The summed E-state index contributed by atoms with van der Waals surface area (Å²) in [6.07, 6.45) is 0.680. The summed E-state index contributed by atoms with van der Waals surface area (Å²) in [5, 5.41) is 6.38. The van der Waals surface area contributed by atoms with Gasteiger partial charge in [0.05, 0.1) is 13.7 Å². The number of aromatic amines is 1. The quantitative estimate of drug-likeness (QED) is 0.135. The number of carbonyl (C=O) groups excluding carboxylic acids is 1. The minimum absolute atomic E-state index is 0.159. The largest absolute Gasteiger partial charge is 0.468 e. The molecule has 3 fully saturated rings. The minimum Gasteiger partial charge on any atom is -0.468 e. The second-order valence-corrected chi connectivity index (χ2v) is 11.5. The molecule has 0 bridgehead atoms. The molecule has 2 aromatic rings. The second kappa shape index (κ2) is 11.4. The van der Waals surface area contributed by atoms with Crippen LogP contribution in [0.2, 0.25) is 0 Å². The first-order valence-electron chi connectivity index (χ1n) is 12.9. The molecule has 3 aliphatic rings. The van der Waals surface area contributed by atoms with Crippen LogP contribution in [0.25, 0.3) is 10.4 Å². The standard InChI is InChI=1S/C24H29N6O10P/c1-15(21(32)35-2)27-41(34,40-16-8-4-3-5-9-16)36-14-24(28-29-25)19-18(37-23(38-19)11-6-7-12-23)20(39-24)30-13-10-17(31)26-22(30)33/h3-5,8-10,13,15,18-20H,6-7,11-12,14H2,1-2H3,(H,27,34)(H,26,31,33)/t15-,18+,19-,20+,24+,41?/m0/s1. The molecule has 1 aromatic carbocycles. The predicted octanol–water partition coefficient (Wildman–Crippen LogP) is 2.48. The number of hydrogen-bond acceptors (Lipinski definition) is 11. The van der Waals surface area contributed by atoms with Gasteiger partial charge in [-0.15, -0.1) is 0 Å². The van der Waals surface area contributed by atoms with Gasteiger partial charge in [-0.05, 0) is 37.4 Å². The SMILES string of the molecule is COC(=O)[C@H](C)NP(=O)(OC[C@@]1(N=[N+]=[N-])O[C@@H](n2ccc(=O)[nH]c2=O)[C@@H]2OC3(CCCC3)O[C@@H]21)Oc1ccccc1. The van der Waals surface area contributed by atoms with Crippen molar-refractivity contribution in [1.82, 2.24) is 14.6 Å². The van der Waals surface area contributed by atoms with Crippen LogP contribution in [0.1, 0.15) is 38.8 Å². The summed E-state index contributed by atoms with van der Waals surface area (Å²) in [5.41, 5.74) is 6.15. The molecule has 0 radical (unpaired) electrons. The average molecular weight is 593 g/mol. The molecular weight excluding hydrogens is 563 g/mol. The third kappa shape index (κ3) is 5.81. The third-order valence-electron chi connectivity index (χ3n) is 7.06. The molecular formula is C24H29N6O10P. The van der Waals surface area contributed by atoms with Crippen molar-refractivity contribution in [1.29, 1.82) is 0 Å². The van der Waals surface area contributed by atoms with Crippen molar-refractivity contribution >= 4 is 13.7 Å². The summed E-state index contributed by atoms with van der Waals surface area (Å²) >= 11 is 0. The molecule has 6 atom stereocenters. The van der Waals surface area contributed by atoms with Crippen LogP contribution in [0.3, 0.4) is 0 Å². The summed E-state index contributed by atoms with van der Waals surface area (Å²) in [7, 11) is -3.22. The molecule has 5 rings (SSSR count). The first kappa shape index (κ1) is 29.0. The Morgan fingerprint density at radius 2 is 1.98 bits per heavy atom. The van der Waals surface area contributed by atoms with Crippen LogP contribution in [-0.4, -0.2) is 59.0 Å². The Morgan fingerprint density at radius 1 is 1.24 bits per heavy atom. The number of rotatable bonds is 10. The molecule has 1 aromatic heterocycles. The van der Waals surface area contributed by atoms with Gasteiger partial charge in [0, 0.05) is 30.0 Å². The smallest absolute Gasteiger partial charge is 0.459 e. The number of aromatic nitrogens is 2. The number of hydrogen-bond donors (Lipinski definition) is 2. The maximum atomic E-state index is 14.0. The second-order valence-electron chi connectivity index (χ2n) is 9.85. The van der Waals surface area contributed by atoms with E-state index in [0.29, 0.717) is 12.8 Å². The van der Waals surface area contributed by atoms with Gasteiger partial charge in [0.1, 0.15) is 24.0 Å². The van der Waals surface area contributed by atoms with Crippen molar-refractivity contribution in [3.8, 4) is 5.75 Å². The molecule has 3 heterocycles. The Balaban J connectivity index is 1.50. The summed E-state index contributed by atoms with van der Waals surface area (Å²) in [4.78, 5) is 41.6. The van der Waals surface area contributed by atoms with Crippen LogP contribution >= 0.6 is 7.75 Å². The molecule has 2 N–H and O–H groups in total. The summed E-state index contributed by atoms with van der Waals surface area (Å²) < 4.78 is 50.0. The number of nitrogens with one attached hydrogen (secondary N) is 2. The highest BCUT2D eigenvalue weighted by Gasteiger charge is 2.66. The van der Waals surface area contributed by atoms with Gasteiger partial charge in [0.15, 0.2) is 12.0 Å². The van der Waals surface area contributed by atoms with Crippen LogP contribution in [0.5, 0.6) is 5.75 Å². The molecule has 1 aliphatic carbocycles. The topological polar surface area (TPSA) is 205 Å². The number of para-hydroxylation sites is 1. The van der Waals surface area contributed by atoms with Crippen LogP contribution in [0, 0.1) is 0 Å². The number of ether oxygens (including phenoxy) is 4. The van der Waals surface area contributed by atoms with Crippen molar-refractivity contribution < 1.29 is 37.4 Å². The Labute approximate surface area is 233 Å². The molecule has 1 saturated carbocycles. The molecule has 1 spiro atoms. The Kier molecular flexibility index (Phi) is 8.08. The highest BCUT2D eigenvalue weighted by Crippen LogP contribution is 2.55. The number of benzene rings is 1. The summed E-state index contributed by atoms with van der Waals surface area (Å²) in [6.45, 7) is 0.704. The van der Waals surface area contributed by atoms with Gasteiger partial charge in [0.2, 0.25) is 5.72 Å². The molecule has 2 saturated heterocycles. The Morgan fingerprint density at radius 3 is 2.63 bits per heavy atom. The van der Waals surface area contributed by atoms with E-state index in [-0.39, 0.29) is 5.75 Å². The van der Waals surface area contributed by atoms with E-state index in [0.717, 1.165) is 23.5 Å². The molecule has 220 valence electrons. The lowest BCUT2D eigenvalue weighted by Gasteiger charge is -2.33. The molecule has 16 nitrogen and oxygen atoms in total. The zero-order valence-electron chi connectivity index (χ0n) is 22.2. The number of H-pyrrole nitrogens is 1. The van der Waals surface area contributed by atoms with Gasteiger partial charge in [-0.1, -0.05) is 23.3 Å². The van der Waals surface area contributed by atoms with Crippen LogP contribution in [0.15, 0.2) is 57.3 Å². The van der Waals surface area contributed by atoms with Gasteiger partial charge in [0.25, 0.3) is 5.56 Å². The van der Waals surface area contributed by atoms with E-state index < -0.39 is 67.6 Å². The molecule has 0 amide bonds. The fraction of sp³-hybridized carbons (Fsp3) is 0.542. The predicted molar refractivity (Wildman–Crippen MR) is 140 cm³/mol. The molecule has 2 aliphatic heterocycles. The molecule has 41 heavy (non-hydrogen) atoms. The van der Waals surface area contributed by atoms with Crippen molar-refractivity contribution in [2.75, 3.05) is 13.7 Å².